The first-order valence-electron chi connectivity index (χ1n) is 7.53. The van der Waals surface area contributed by atoms with Crippen LogP contribution in [0.4, 0.5) is 5.95 Å². The molecule has 23 heavy (non-hydrogen) atoms. The molecule has 114 valence electrons. The first-order valence-corrected chi connectivity index (χ1v) is 7.53. The maximum absolute atomic E-state index is 5.95. The Hall–Kier alpha value is -3.08. The van der Waals surface area contributed by atoms with Gasteiger partial charge in [0.2, 0.25) is 5.95 Å². The van der Waals surface area contributed by atoms with E-state index in [1.165, 1.54) is 0 Å². The molecule has 3 N–H and O–H groups in total. The normalized spacial score (nSPS) is 17.5. The molecule has 0 aliphatic carbocycles. The molecule has 1 unspecified atom stereocenters. The van der Waals surface area contributed by atoms with Crippen molar-refractivity contribution in [3.05, 3.63) is 65.7 Å². The highest BCUT2D eigenvalue weighted by Crippen LogP contribution is 2.32. The number of nitrogens with zero attached hydrogens (tertiary/aromatic N) is 3. The molecular weight excluding hydrogens is 286 g/mol. The van der Waals surface area contributed by atoms with Gasteiger partial charge in [-0.15, -0.1) is 0 Å². The summed E-state index contributed by atoms with van der Waals surface area (Å²) in [5, 5.41) is 3.05. The lowest BCUT2D eigenvalue weighted by Crippen LogP contribution is -2.31. The molecule has 2 heterocycles. The molecule has 2 aromatic carbocycles. The van der Waals surface area contributed by atoms with E-state index in [0.29, 0.717) is 5.96 Å². The maximum Gasteiger partial charge on any atom is 0.212 e. The molecule has 5 nitrogen and oxygen atoms in total. The Kier molecular flexibility index (Phi) is 3.12. The van der Waals surface area contributed by atoms with E-state index in [1.807, 2.05) is 42.5 Å². The Morgan fingerprint density at radius 1 is 1.13 bits per heavy atom. The number of fused-ring (bicyclic) bond motifs is 3. The highest BCUT2D eigenvalue weighted by Gasteiger charge is 2.24. The van der Waals surface area contributed by atoms with E-state index in [0.717, 1.165) is 28.1 Å². The van der Waals surface area contributed by atoms with Gasteiger partial charge in [-0.1, -0.05) is 48.5 Å². The van der Waals surface area contributed by atoms with Crippen molar-refractivity contribution < 1.29 is 0 Å². The quantitative estimate of drug-likeness (QED) is 0.762. The van der Waals surface area contributed by atoms with Gasteiger partial charge in [-0.25, -0.2) is 9.98 Å². The topological polar surface area (TPSA) is 68.2 Å². The monoisotopic (exact) mass is 303 g/mol. The van der Waals surface area contributed by atoms with E-state index in [1.54, 1.807) is 0 Å². The van der Waals surface area contributed by atoms with Gasteiger partial charge < -0.3 is 5.73 Å². The highest BCUT2D eigenvalue weighted by molar-refractivity contribution is 5.94. The van der Waals surface area contributed by atoms with Crippen molar-refractivity contribution in [1.29, 1.82) is 0 Å². The van der Waals surface area contributed by atoms with Crippen LogP contribution in [0.3, 0.4) is 0 Å². The molecule has 0 amide bonds. The molecule has 0 bridgehead atoms. The summed E-state index contributed by atoms with van der Waals surface area (Å²) in [4.78, 5) is 9.19. The number of aromatic nitrogens is 2. The van der Waals surface area contributed by atoms with Crippen LogP contribution in [0.25, 0.3) is 17.1 Å². The fraction of sp³-hybridized carbons (Fsp3) is 0.111. The van der Waals surface area contributed by atoms with E-state index in [2.05, 4.69) is 45.0 Å². The van der Waals surface area contributed by atoms with Crippen LogP contribution in [-0.4, -0.2) is 15.5 Å². The Bertz CT molecular complexity index is 921. The third-order valence-electron chi connectivity index (χ3n) is 3.94. The molecule has 0 radical (unpaired) electrons. The van der Waals surface area contributed by atoms with Crippen LogP contribution in [0.1, 0.15) is 18.7 Å². The number of benzene rings is 2. The minimum atomic E-state index is -0.196. The molecule has 0 saturated carbocycles. The lowest BCUT2D eigenvalue weighted by molar-refractivity contribution is 0.616. The fourth-order valence-corrected chi connectivity index (χ4v) is 2.91. The van der Waals surface area contributed by atoms with Crippen LogP contribution < -0.4 is 11.1 Å². The number of nitrogens with two attached hydrogens (primary N) is 1. The Balaban J connectivity index is 1.85. The summed E-state index contributed by atoms with van der Waals surface area (Å²) in [5.41, 5.74) is 10.2. The molecule has 4 rings (SSSR count). The van der Waals surface area contributed by atoms with Gasteiger partial charge in [0.05, 0.1) is 11.0 Å². The zero-order chi connectivity index (χ0) is 15.8. The zero-order valence-electron chi connectivity index (χ0n) is 12.8. The van der Waals surface area contributed by atoms with Crippen LogP contribution in [0.15, 0.2) is 65.2 Å². The van der Waals surface area contributed by atoms with Gasteiger partial charge in [-0.2, -0.15) is 0 Å². The van der Waals surface area contributed by atoms with E-state index < -0.39 is 0 Å². The number of para-hydroxylation sites is 2. The lowest BCUT2D eigenvalue weighted by Gasteiger charge is -2.24. The van der Waals surface area contributed by atoms with Gasteiger partial charge in [-0.3, -0.25) is 9.88 Å². The first kappa shape index (κ1) is 13.6. The third kappa shape index (κ3) is 2.36. The maximum atomic E-state index is 5.95. The molecule has 0 fully saturated rings. The second kappa shape index (κ2) is 5.28. The Morgan fingerprint density at radius 3 is 2.70 bits per heavy atom. The van der Waals surface area contributed by atoms with Crippen molar-refractivity contribution >= 4 is 29.0 Å². The van der Waals surface area contributed by atoms with Crippen LogP contribution in [0.5, 0.6) is 0 Å². The fourth-order valence-electron chi connectivity index (χ4n) is 2.91. The van der Waals surface area contributed by atoms with Crippen LogP contribution in [0, 0.1) is 0 Å². The van der Waals surface area contributed by atoms with Gasteiger partial charge >= 0.3 is 0 Å². The van der Waals surface area contributed by atoms with Crippen LogP contribution in [0.2, 0.25) is 0 Å². The first-order chi connectivity index (χ1) is 11.2. The van der Waals surface area contributed by atoms with Crippen molar-refractivity contribution in [2.45, 2.75) is 13.1 Å². The summed E-state index contributed by atoms with van der Waals surface area (Å²) >= 11 is 0. The minimum absolute atomic E-state index is 0.196. The van der Waals surface area contributed by atoms with Gasteiger partial charge in [0.1, 0.15) is 0 Å². The zero-order valence-corrected chi connectivity index (χ0v) is 12.8. The van der Waals surface area contributed by atoms with Gasteiger partial charge in [0.15, 0.2) is 12.1 Å². The summed E-state index contributed by atoms with van der Waals surface area (Å²) in [7, 11) is 0. The Morgan fingerprint density at radius 2 is 1.87 bits per heavy atom. The largest absolute Gasteiger partial charge is 0.370 e. The lowest BCUT2D eigenvalue weighted by atomic mass is 10.1. The van der Waals surface area contributed by atoms with Gasteiger partial charge in [0, 0.05) is 0 Å². The third-order valence-corrected chi connectivity index (χ3v) is 3.94. The summed E-state index contributed by atoms with van der Waals surface area (Å²) in [6.07, 6.45) is 1.93. The van der Waals surface area contributed by atoms with E-state index >= 15 is 0 Å². The molecule has 1 aliphatic heterocycles. The number of hydrogen-bond donors (Lipinski definition) is 2. The van der Waals surface area contributed by atoms with Gasteiger partial charge in [0.25, 0.3) is 0 Å². The molecule has 0 spiro atoms. The number of rotatable bonds is 2. The molecule has 1 atom stereocenters. The summed E-state index contributed by atoms with van der Waals surface area (Å²) in [6, 6.07) is 18.2. The molecule has 1 aromatic heterocycles. The second-order valence-electron chi connectivity index (χ2n) is 5.61. The molecule has 0 saturated heterocycles. The number of nitrogens with one attached hydrogen (secondary N) is 1. The van der Waals surface area contributed by atoms with Crippen LogP contribution >= 0.6 is 0 Å². The van der Waals surface area contributed by atoms with E-state index in [9.17, 15) is 0 Å². The number of imidazole rings is 1. The Labute approximate surface area is 134 Å². The average molecular weight is 303 g/mol. The number of anilines is 1. The number of guanidine groups is 1. The molecule has 5 heteroatoms. The van der Waals surface area contributed by atoms with Crippen molar-refractivity contribution in [3.8, 4) is 0 Å². The molecular formula is C18H17N5. The minimum Gasteiger partial charge on any atom is -0.370 e. The van der Waals surface area contributed by atoms with Crippen LogP contribution in [-0.2, 0) is 0 Å². The summed E-state index contributed by atoms with van der Waals surface area (Å²) in [5.74, 6) is 1.11. The summed E-state index contributed by atoms with van der Waals surface area (Å²) < 4.78 is 2.08. The SMILES string of the molecule is CC(=Cc1ccccc1)C1N=C(N)Nc2nc3ccccc3n21. The predicted molar refractivity (Wildman–Crippen MR) is 94.1 cm³/mol. The number of hydrogen-bond acceptors (Lipinski definition) is 4. The van der Waals surface area contributed by atoms with E-state index in [-0.39, 0.29) is 6.17 Å². The summed E-state index contributed by atoms with van der Waals surface area (Å²) in [6.45, 7) is 2.07. The number of aliphatic imine (C=N–C) groups is 1. The van der Waals surface area contributed by atoms with Crippen molar-refractivity contribution in [2.75, 3.05) is 5.32 Å². The van der Waals surface area contributed by atoms with E-state index in [4.69, 9.17) is 5.73 Å². The second-order valence-corrected chi connectivity index (χ2v) is 5.61. The van der Waals surface area contributed by atoms with Crippen molar-refractivity contribution in [2.24, 2.45) is 10.7 Å². The van der Waals surface area contributed by atoms with Crippen molar-refractivity contribution in [3.63, 3.8) is 0 Å². The average Bonchev–Trinajstić information content (AvgIpc) is 2.93. The molecule has 1 aliphatic rings. The van der Waals surface area contributed by atoms with Crippen molar-refractivity contribution in [1.82, 2.24) is 9.55 Å². The smallest absolute Gasteiger partial charge is 0.212 e. The standard InChI is InChI=1S/C18H17N5/c1-12(11-13-7-3-2-4-8-13)16-21-17(19)22-18-20-14-9-5-6-10-15(14)23(16)18/h2-11,16H,1H3,(H3,19,20,21,22). The highest BCUT2D eigenvalue weighted by atomic mass is 15.4. The molecule has 3 aromatic rings. The van der Waals surface area contributed by atoms with Gasteiger partial charge in [-0.05, 0) is 30.2 Å². The predicted octanol–water partition coefficient (Wildman–Crippen LogP) is 3.38.